The van der Waals surface area contributed by atoms with Gasteiger partial charge in [0.2, 0.25) is 11.8 Å². The number of halogens is 2. The first-order chi connectivity index (χ1) is 31.3. The summed E-state index contributed by atoms with van der Waals surface area (Å²) in [4.78, 5) is 71.7. The third-order valence-electron chi connectivity index (χ3n) is 11.8. The van der Waals surface area contributed by atoms with Crippen molar-refractivity contribution in [1.82, 2.24) is 10.2 Å². The first kappa shape index (κ1) is 52.1. The number of nitrogens with one attached hydrogen (secondary N) is 1. The number of carbonyl (C=O) groups excluding carboxylic acids is 5. The number of amides is 2. The Hall–Kier alpha value is -5.56. The summed E-state index contributed by atoms with van der Waals surface area (Å²) in [6, 6.07) is 14.3. The second-order valence-corrected chi connectivity index (χ2v) is 16.8. The first-order valence-electron chi connectivity index (χ1n) is 22.8. The molecule has 7 N–H and O–H groups in total. The average Bonchev–Trinajstić information content (AvgIpc) is 3.29. The molecule has 4 bridgehead atoms. The highest BCUT2D eigenvalue weighted by Crippen LogP contribution is 2.41. The number of carbonyl (C=O) groups is 5. The Balaban J connectivity index is 1.79. The fourth-order valence-electron chi connectivity index (χ4n) is 8.29. The minimum absolute atomic E-state index is 0.0141. The molecule has 1 heterocycles. The van der Waals surface area contributed by atoms with E-state index in [-0.39, 0.29) is 76.3 Å². The molecule has 352 valence electrons. The fraction of sp³-hybridized carbons (Fsp3) is 0.520. The Bertz CT molecular complexity index is 2140. The van der Waals surface area contributed by atoms with Gasteiger partial charge in [0.25, 0.3) is 6.43 Å². The highest BCUT2D eigenvalue weighted by Gasteiger charge is 2.36. The van der Waals surface area contributed by atoms with E-state index in [1.165, 1.54) is 24.1 Å². The molecule has 0 saturated heterocycles. The second kappa shape index (κ2) is 26.4. The van der Waals surface area contributed by atoms with Gasteiger partial charge in [-0.15, -0.1) is 0 Å². The monoisotopic (exact) mass is 900 g/mol. The van der Waals surface area contributed by atoms with E-state index in [9.17, 15) is 38.0 Å². The Morgan fingerprint density at radius 1 is 0.877 bits per heavy atom. The zero-order valence-electron chi connectivity index (χ0n) is 38.1. The SMILES string of the molecule is CCCCCCCCc1ccc(C(=O)C[C@@H](CCN)C(=O)N(C)[C@@H]2C(=O)C[C@@H](C)C(=O)N[C@H](C(=O)CCC#N)Cc3ccc(OCCN)c(c3)-c3cc2ccc3OCCN)c(C(F)F)c1. The van der Waals surface area contributed by atoms with Crippen molar-refractivity contribution in [3.8, 4) is 28.7 Å². The fourth-order valence-corrected chi connectivity index (χ4v) is 8.29. The molecular formula is C50H66F2N6O7. The highest BCUT2D eigenvalue weighted by atomic mass is 19.3. The molecule has 0 radical (unpaired) electrons. The number of nitriles is 1. The third-order valence-corrected chi connectivity index (χ3v) is 11.8. The lowest BCUT2D eigenvalue weighted by Crippen LogP contribution is -2.46. The number of nitrogens with two attached hydrogens (primary N) is 3. The van der Waals surface area contributed by atoms with Crippen LogP contribution in [0.15, 0.2) is 54.6 Å². The summed E-state index contributed by atoms with van der Waals surface area (Å²) in [7, 11) is 1.42. The molecule has 15 heteroatoms. The number of Topliss-reactive ketones (excluding diaryl/α,β-unsaturated/α-hetero) is 3. The van der Waals surface area contributed by atoms with Gasteiger partial charge in [-0.05, 0) is 79.3 Å². The van der Waals surface area contributed by atoms with Gasteiger partial charge in [0.15, 0.2) is 17.3 Å². The number of ether oxygens (including phenoxy) is 2. The lowest BCUT2D eigenvalue weighted by molar-refractivity contribution is -0.142. The molecule has 0 saturated carbocycles. The van der Waals surface area contributed by atoms with Gasteiger partial charge in [-0.3, -0.25) is 24.0 Å². The van der Waals surface area contributed by atoms with Gasteiger partial charge in [-0.25, -0.2) is 8.78 Å². The molecule has 3 aromatic carbocycles. The van der Waals surface area contributed by atoms with Gasteiger partial charge in [0.1, 0.15) is 30.8 Å². The molecule has 1 aliphatic heterocycles. The number of aryl methyl sites for hydroxylation is 1. The van der Waals surface area contributed by atoms with E-state index in [0.29, 0.717) is 45.7 Å². The summed E-state index contributed by atoms with van der Waals surface area (Å²) in [5.41, 5.74) is 19.8. The van der Waals surface area contributed by atoms with Crippen molar-refractivity contribution < 1.29 is 42.2 Å². The van der Waals surface area contributed by atoms with Crippen LogP contribution in [0.4, 0.5) is 8.78 Å². The zero-order valence-corrected chi connectivity index (χ0v) is 38.1. The maximum atomic E-state index is 14.7. The molecule has 0 aliphatic carbocycles. The number of unbranched alkanes of at least 4 members (excludes halogenated alkanes) is 5. The second-order valence-electron chi connectivity index (χ2n) is 16.8. The molecule has 0 fully saturated rings. The van der Waals surface area contributed by atoms with Crippen LogP contribution in [0.5, 0.6) is 11.5 Å². The largest absolute Gasteiger partial charge is 0.492 e. The van der Waals surface area contributed by atoms with E-state index in [0.717, 1.165) is 38.5 Å². The summed E-state index contributed by atoms with van der Waals surface area (Å²) >= 11 is 0. The van der Waals surface area contributed by atoms with E-state index in [1.54, 1.807) is 49.4 Å². The van der Waals surface area contributed by atoms with Crippen LogP contribution in [0.1, 0.15) is 130 Å². The number of likely N-dealkylation sites (N-methyl/N-ethyl adjacent to an activating group) is 1. The number of hydrogen-bond donors (Lipinski definition) is 4. The topological polar surface area (TPSA) is 221 Å². The van der Waals surface area contributed by atoms with Gasteiger partial charge in [0, 0.05) is 79.9 Å². The van der Waals surface area contributed by atoms with Crippen molar-refractivity contribution in [2.75, 3.05) is 39.9 Å². The molecule has 65 heavy (non-hydrogen) atoms. The van der Waals surface area contributed by atoms with E-state index in [1.807, 2.05) is 6.07 Å². The lowest BCUT2D eigenvalue weighted by atomic mass is 9.87. The van der Waals surface area contributed by atoms with Crippen LogP contribution >= 0.6 is 0 Å². The van der Waals surface area contributed by atoms with Gasteiger partial charge in [0.05, 0.1) is 12.1 Å². The highest BCUT2D eigenvalue weighted by molar-refractivity contribution is 6.01. The summed E-state index contributed by atoms with van der Waals surface area (Å²) in [6.45, 7) is 4.33. The van der Waals surface area contributed by atoms with Gasteiger partial charge in [-0.2, -0.15) is 5.26 Å². The zero-order chi connectivity index (χ0) is 47.5. The van der Waals surface area contributed by atoms with Crippen molar-refractivity contribution in [1.29, 1.82) is 5.26 Å². The predicted molar refractivity (Wildman–Crippen MR) is 245 cm³/mol. The number of benzene rings is 3. The van der Waals surface area contributed by atoms with E-state index < -0.39 is 65.7 Å². The number of nitrogens with zero attached hydrogens (tertiary/aromatic N) is 2. The van der Waals surface area contributed by atoms with Crippen molar-refractivity contribution in [2.24, 2.45) is 29.0 Å². The smallest absolute Gasteiger partial charge is 0.264 e. The van der Waals surface area contributed by atoms with Crippen LogP contribution in [0, 0.1) is 23.2 Å². The Labute approximate surface area is 381 Å². The van der Waals surface area contributed by atoms with Crippen molar-refractivity contribution in [2.45, 2.75) is 116 Å². The molecule has 2 amide bonds. The summed E-state index contributed by atoms with van der Waals surface area (Å²) < 4.78 is 41.3. The van der Waals surface area contributed by atoms with E-state index in [2.05, 4.69) is 12.2 Å². The quantitative estimate of drug-likeness (QED) is 0.0524. The van der Waals surface area contributed by atoms with Crippen LogP contribution in [0.2, 0.25) is 0 Å². The van der Waals surface area contributed by atoms with Gasteiger partial charge < -0.3 is 36.9 Å². The maximum absolute atomic E-state index is 14.7. The summed E-state index contributed by atoms with van der Waals surface area (Å²) in [6.07, 6.45) is 3.11. The molecule has 4 atom stereocenters. The lowest BCUT2D eigenvalue weighted by Gasteiger charge is -2.32. The normalized spacial score (nSPS) is 16.8. The molecule has 13 nitrogen and oxygen atoms in total. The molecule has 0 spiro atoms. The maximum Gasteiger partial charge on any atom is 0.264 e. The summed E-state index contributed by atoms with van der Waals surface area (Å²) in [5, 5.41) is 12.0. The van der Waals surface area contributed by atoms with Crippen molar-refractivity contribution in [3.63, 3.8) is 0 Å². The van der Waals surface area contributed by atoms with Gasteiger partial charge >= 0.3 is 0 Å². The number of hydrogen-bond acceptors (Lipinski definition) is 11. The van der Waals surface area contributed by atoms with Gasteiger partial charge in [-0.1, -0.05) is 70.2 Å². The molecule has 0 unspecified atom stereocenters. The molecule has 0 aromatic heterocycles. The molecular weight excluding hydrogens is 835 g/mol. The first-order valence-corrected chi connectivity index (χ1v) is 22.8. The third kappa shape index (κ3) is 14.7. The number of rotatable bonds is 24. The number of fused-ring (bicyclic) bond motifs is 5. The molecule has 4 rings (SSSR count). The standard InChI is InChI=1S/C50H66F2N6O7/c1-4-5-6-7-8-9-11-33-13-16-37(40(27-33)48(51)52)43(60)31-36(19-21-54)50(63)58(3)47-35-15-18-46(65-25-23-56)39(30-35)38-28-34(14-17-45(38)64-24-22-55)29-41(42(59)12-10-20-53)57-49(62)32(2)26-44(47)61/h13-18,27-28,30,32,36,41,47-48H,4-12,19,21-26,29,31,54-56H2,1-3H3,(H,57,62)/t32-,36-,41+,47+/m1/s1. The van der Waals surface area contributed by atoms with E-state index >= 15 is 0 Å². The minimum Gasteiger partial charge on any atom is -0.492 e. The van der Waals surface area contributed by atoms with E-state index in [4.69, 9.17) is 26.7 Å². The van der Waals surface area contributed by atoms with Crippen LogP contribution in [-0.4, -0.2) is 80.0 Å². The Morgan fingerprint density at radius 2 is 1.54 bits per heavy atom. The van der Waals surface area contributed by atoms with Crippen molar-refractivity contribution >= 4 is 29.2 Å². The predicted octanol–water partition coefficient (Wildman–Crippen LogP) is 7.12. The van der Waals surface area contributed by atoms with Crippen LogP contribution in [0.3, 0.4) is 0 Å². The Kier molecular flexibility index (Phi) is 21.2. The molecule has 1 aliphatic rings. The molecule has 3 aromatic rings. The number of ketones is 3. The number of alkyl halides is 2. The van der Waals surface area contributed by atoms with Crippen LogP contribution < -0.4 is 32.0 Å². The summed E-state index contributed by atoms with van der Waals surface area (Å²) in [5.74, 6) is -4.01. The Morgan fingerprint density at radius 3 is 2.18 bits per heavy atom. The minimum atomic E-state index is -2.93. The van der Waals surface area contributed by atoms with Crippen LogP contribution in [-0.2, 0) is 32.0 Å². The average molecular weight is 901 g/mol. The van der Waals surface area contributed by atoms with Crippen LogP contribution in [0.25, 0.3) is 11.1 Å². The van der Waals surface area contributed by atoms with Crippen molar-refractivity contribution in [3.05, 3.63) is 82.4 Å².